The van der Waals surface area contributed by atoms with E-state index < -0.39 is 0 Å². The molecule has 1 aromatic carbocycles. The minimum Gasteiger partial charge on any atom is -0.341 e. The van der Waals surface area contributed by atoms with E-state index in [1.807, 2.05) is 37.1 Å². The Morgan fingerprint density at radius 3 is 2.38 bits per heavy atom. The highest BCUT2D eigenvalue weighted by atomic mass is 16.2. The molecule has 1 amide bonds. The number of piperidine rings is 1. The number of benzene rings is 1. The smallest absolute Gasteiger partial charge is 0.228 e. The standard InChI is InChI=1S/C15H22N2O.C8H14/c1-15(8-10-16-11-9-15)14(18)17(2)12-13-6-4-3-5-7-13;1-3-5-7-8-6-4-2/h3-7,16H,8-12H2,1-2H3;3,5-6,8H,4,7H2,1-2H3/b;5-3-,8-6-. The third kappa shape index (κ3) is 8.01. The summed E-state index contributed by atoms with van der Waals surface area (Å²) in [6.07, 6.45) is 12.7. The van der Waals surface area contributed by atoms with E-state index in [2.05, 4.69) is 55.6 Å². The highest BCUT2D eigenvalue weighted by Crippen LogP contribution is 2.30. The molecule has 0 aliphatic carbocycles. The first-order valence-electron chi connectivity index (χ1n) is 9.80. The van der Waals surface area contributed by atoms with Gasteiger partial charge < -0.3 is 10.2 Å². The van der Waals surface area contributed by atoms with Gasteiger partial charge in [-0.25, -0.2) is 0 Å². The molecule has 1 aliphatic heterocycles. The number of carbonyl (C=O) groups is 1. The van der Waals surface area contributed by atoms with E-state index >= 15 is 0 Å². The lowest BCUT2D eigenvalue weighted by molar-refractivity contribution is -0.141. The minimum absolute atomic E-state index is 0.186. The van der Waals surface area contributed by atoms with Gasteiger partial charge in [0.2, 0.25) is 5.91 Å². The van der Waals surface area contributed by atoms with Crippen molar-refractivity contribution in [2.45, 2.75) is 53.0 Å². The Morgan fingerprint density at radius 2 is 1.81 bits per heavy atom. The lowest BCUT2D eigenvalue weighted by atomic mass is 9.79. The molecule has 3 heteroatoms. The molecule has 26 heavy (non-hydrogen) atoms. The quantitative estimate of drug-likeness (QED) is 0.731. The maximum Gasteiger partial charge on any atom is 0.228 e. The van der Waals surface area contributed by atoms with Crippen molar-refractivity contribution < 1.29 is 4.79 Å². The summed E-state index contributed by atoms with van der Waals surface area (Å²) < 4.78 is 0. The van der Waals surface area contributed by atoms with Crippen molar-refractivity contribution in [1.29, 1.82) is 0 Å². The van der Waals surface area contributed by atoms with E-state index in [4.69, 9.17) is 0 Å². The van der Waals surface area contributed by atoms with Gasteiger partial charge in [-0.15, -0.1) is 0 Å². The number of hydrogen-bond acceptors (Lipinski definition) is 2. The molecule has 0 saturated carbocycles. The summed E-state index contributed by atoms with van der Waals surface area (Å²) in [6, 6.07) is 10.2. The highest BCUT2D eigenvalue weighted by molar-refractivity contribution is 5.82. The second-order valence-electron chi connectivity index (χ2n) is 7.14. The Balaban J connectivity index is 0.000000359. The SMILES string of the molecule is C/C=C\C/C=C\CC.CN(Cc1ccccc1)C(=O)C1(C)CCNCC1. The number of nitrogens with one attached hydrogen (secondary N) is 1. The Morgan fingerprint density at radius 1 is 1.15 bits per heavy atom. The molecule has 144 valence electrons. The van der Waals surface area contributed by atoms with Crippen molar-refractivity contribution in [3.05, 3.63) is 60.2 Å². The number of carbonyl (C=O) groups excluding carboxylic acids is 1. The van der Waals surface area contributed by atoms with Crippen molar-refractivity contribution in [2.75, 3.05) is 20.1 Å². The third-order valence-corrected chi connectivity index (χ3v) is 4.74. The van der Waals surface area contributed by atoms with Gasteiger partial charge in [-0.3, -0.25) is 4.79 Å². The number of nitrogens with zero attached hydrogens (tertiary/aromatic N) is 1. The van der Waals surface area contributed by atoms with Crippen molar-refractivity contribution in [3.63, 3.8) is 0 Å². The van der Waals surface area contributed by atoms with Crippen LogP contribution in [0.1, 0.15) is 52.0 Å². The van der Waals surface area contributed by atoms with Crippen molar-refractivity contribution in [3.8, 4) is 0 Å². The van der Waals surface area contributed by atoms with Crippen LogP contribution in [0, 0.1) is 5.41 Å². The topological polar surface area (TPSA) is 32.3 Å². The van der Waals surface area contributed by atoms with Gasteiger partial charge in [0.25, 0.3) is 0 Å². The van der Waals surface area contributed by atoms with Crippen LogP contribution in [0.5, 0.6) is 0 Å². The van der Waals surface area contributed by atoms with Gasteiger partial charge in [-0.05, 0) is 51.3 Å². The van der Waals surface area contributed by atoms with Crippen LogP contribution < -0.4 is 5.32 Å². The van der Waals surface area contributed by atoms with Gasteiger partial charge in [0.15, 0.2) is 0 Å². The monoisotopic (exact) mass is 356 g/mol. The Labute approximate surface area is 160 Å². The van der Waals surface area contributed by atoms with Crippen molar-refractivity contribution in [1.82, 2.24) is 10.2 Å². The summed E-state index contributed by atoms with van der Waals surface area (Å²) in [7, 11) is 1.91. The fourth-order valence-electron chi connectivity index (χ4n) is 3.06. The van der Waals surface area contributed by atoms with Gasteiger partial charge in [0.05, 0.1) is 0 Å². The normalized spacial score (nSPS) is 16.3. The van der Waals surface area contributed by atoms with Crippen LogP contribution in [0.4, 0.5) is 0 Å². The predicted molar refractivity (Wildman–Crippen MR) is 112 cm³/mol. The van der Waals surface area contributed by atoms with E-state index in [0.29, 0.717) is 6.54 Å². The molecule has 3 nitrogen and oxygen atoms in total. The second kappa shape index (κ2) is 12.5. The van der Waals surface area contributed by atoms with Crippen LogP contribution >= 0.6 is 0 Å². The first-order valence-corrected chi connectivity index (χ1v) is 9.80. The Kier molecular flexibility index (Phi) is 10.6. The van der Waals surface area contributed by atoms with Crippen molar-refractivity contribution >= 4 is 5.91 Å². The molecule has 0 spiro atoms. The molecule has 0 unspecified atom stereocenters. The zero-order valence-electron chi connectivity index (χ0n) is 17.0. The zero-order valence-corrected chi connectivity index (χ0v) is 17.0. The molecule has 0 bridgehead atoms. The first-order chi connectivity index (χ1) is 12.5. The zero-order chi connectivity index (χ0) is 19.3. The number of hydrogen-bond donors (Lipinski definition) is 1. The van der Waals surface area contributed by atoms with E-state index in [-0.39, 0.29) is 11.3 Å². The summed E-state index contributed by atoms with van der Waals surface area (Å²) in [6.45, 7) is 8.87. The number of amides is 1. The molecule has 1 aromatic rings. The largest absolute Gasteiger partial charge is 0.341 e. The lowest BCUT2D eigenvalue weighted by Crippen LogP contribution is -2.46. The molecular formula is C23H36N2O. The molecular weight excluding hydrogens is 320 g/mol. The Bertz CT molecular complexity index is 557. The summed E-state index contributed by atoms with van der Waals surface area (Å²) >= 11 is 0. The Hall–Kier alpha value is -1.87. The average molecular weight is 357 g/mol. The van der Waals surface area contributed by atoms with E-state index in [1.54, 1.807) is 0 Å². The molecule has 1 saturated heterocycles. The van der Waals surface area contributed by atoms with Crippen molar-refractivity contribution in [2.24, 2.45) is 5.41 Å². The minimum atomic E-state index is -0.186. The summed E-state index contributed by atoms with van der Waals surface area (Å²) in [5.74, 6) is 0.271. The first kappa shape index (κ1) is 22.2. The van der Waals surface area contributed by atoms with Crippen LogP contribution in [0.25, 0.3) is 0 Å². The van der Waals surface area contributed by atoms with Crippen LogP contribution in [0.15, 0.2) is 54.6 Å². The predicted octanol–water partition coefficient (Wildman–Crippen LogP) is 4.95. The maximum atomic E-state index is 12.5. The van der Waals surface area contributed by atoms with Gasteiger partial charge >= 0.3 is 0 Å². The summed E-state index contributed by atoms with van der Waals surface area (Å²) in [5.41, 5.74) is 1.00. The fourth-order valence-corrected chi connectivity index (χ4v) is 3.06. The van der Waals surface area contributed by atoms with E-state index in [0.717, 1.165) is 38.8 Å². The molecule has 1 aliphatic rings. The third-order valence-electron chi connectivity index (χ3n) is 4.74. The summed E-state index contributed by atoms with van der Waals surface area (Å²) in [4.78, 5) is 14.4. The van der Waals surface area contributed by atoms with Crippen LogP contribution in [0.2, 0.25) is 0 Å². The van der Waals surface area contributed by atoms with Crippen LogP contribution in [-0.2, 0) is 11.3 Å². The molecule has 1 fully saturated rings. The van der Waals surface area contributed by atoms with Crippen LogP contribution in [-0.4, -0.2) is 30.9 Å². The molecule has 0 aromatic heterocycles. The molecule has 0 atom stereocenters. The molecule has 0 radical (unpaired) electrons. The average Bonchev–Trinajstić information content (AvgIpc) is 2.66. The number of allylic oxidation sites excluding steroid dienone is 4. The van der Waals surface area contributed by atoms with Gasteiger partial charge in [-0.1, -0.05) is 68.5 Å². The number of rotatable bonds is 6. The fraction of sp³-hybridized carbons (Fsp3) is 0.522. The van der Waals surface area contributed by atoms with Gasteiger partial charge in [0, 0.05) is 19.0 Å². The van der Waals surface area contributed by atoms with Gasteiger partial charge in [0.1, 0.15) is 0 Å². The lowest BCUT2D eigenvalue weighted by Gasteiger charge is -2.36. The molecule has 1 N–H and O–H groups in total. The van der Waals surface area contributed by atoms with Crippen LogP contribution in [0.3, 0.4) is 0 Å². The molecule has 1 heterocycles. The van der Waals surface area contributed by atoms with Gasteiger partial charge in [-0.2, -0.15) is 0 Å². The summed E-state index contributed by atoms with van der Waals surface area (Å²) in [5, 5.41) is 3.31. The maximum absolute atomic E-state index is 12.5. The van der Waals surface area contributed by atoms with E-state index in [9.17, 15) is 4.79 Å². The molecule has 2 rings (SSSR count). The second-order valence-corrected chi connectivity index (χ2v) is 7.14. The highest BCUT2D eigenvalue weighted by Gasteiger charge is 2.36. The van der Waals surface area contributed by atoms with E-state index in [1.165, 1.54) is 5.56 Å².